The van der Waals surface area contributed by atoms with E-state index in [0.717, 1.165) is 31.3 Å². The predicted molar refractivity (Wildman–Crippen MR) is 61.7 cm³/mol. The summed E-state index contributed by atoms with van der Waals surface area (Å²) < 4.78 is 4.14. The van der Waals surface area contributed by atoms with E-state index in [9.17, 15) is 0 Å². The number of hydrogen-bond donors (Lipinski definition) is 1. The van der Waals surface area contributed by atoms with Crippen LogP contribution in [0.4, 0.5) is 0 Å². The van der Waals surface area contributed by atoms with E-state index in [4.69, 9.17) is 0 Å². The highest BCUT2D eigenvalue weighted by Gasteiger charge is 2.02. The molecule has 0 spiro atoms. The molecule has 0 aliphatic carbocycles. The molecule has 0 aromatic carbocycles. The van der Waals surface area contributed by atoms with Gasteiger partial charge in [0.05, 0.1) is 13.1 Å². The first-order chi connectivity index (χ1) is 7.81. The van der Waals surface area contributed by atoms with Crippen molar-refractivity contribution in [3.8, 4) is 0 Å². The highest BCUT2D eigenvalue weighted by molar-refractivity contribution is 4.94. The van der Waals surface area contributed by atoms with Crippen LogP contribution in [-0.2, 0) is 26.7 Å². The van der Waals surface area contributed by atoms with E-state index in [1.165, 1.54) is 0 Å². The molecule has 0 aliphatic heterocycles. The van der Waals surface area contributed by atoms with Gasteiger partial charge in [0.15, 0.2) is 0 Å². The molecule has 2 heterocycles. The Morgan fingerprint density at radius 2 is 1.81 bits per heavy atom. The summed E-state index contributed by atoms with van der Waals surface area (Å²) in [5, 5.41) is 3.34. The Morgan fingerprint density at radius 1 is 1.12 bits per heavy atom. The number of imidazole rings is 2. The van der Waals surface area contributed by atoms with Crippen LogP contribution in [0.1, 0.15) is 18.6 Å². The van der Waals surface area contributed by atoms with Gasteiger partial charge in [0.1, 0.15) is 11.6 Å². The fraction of sp³-hybridized carbons (Fsp3) is 0.455. The lowest BCUT2D eigenvalue weighted by atomic mass is 10.5. The lowest BCUT2D eigenvalue weighted by Crippen LogP contribution is -2.18. The molecule has 0 fully saturated rings. The summed E-state index contributed by atoms with van der Waals surface area (Å²) in [6, 6.07) is 0. The lowest BCUT2D eigenvalue weighted by molar-refractivity contribution is 0.589. The summed E-state index contributed by atoms with van der Waals surface area (Å²) in [4.78, 5) is 8.55. The highest BCUT2D eigenvalue weighted by atomic mass is 15.1. The van der Waals surface area contributed by atoms with Crippen molar-refractivity contribution in [1.29, 1.82) is 0 Å². The van der Waals surface area contributed by atoms with Gasteiger partial charge in [0.25, 0.3) is 0 Å². The van der Waals surface area contributed by atoms with Crippen molar-refractivity contribution in [3.63, 3.8) is 0 Å². The van der Waals surface area contributed by atoms with Crippen LogP contribution in [0.25, 0.3) is 0 Å². The number of aromatic nitrogens is 4. The zero-order valence-corrected chi connectivity index (χ0v) is 9.72. The Hall–Kier alpha value is -1.62. The molecular weight excluding hydrogens is 202 g/mol. The molecule has 0 radical (unpaired) electrons. The van der Waals surface area contributed by atoms with E-state index in [0.29, 0.717) is 0 Å². The summed E-state index contributed by atoms with van der Waals surface area (Å²) in [6.45, 7) is 4.61. The zero-order chi connectivity index (χ0) is 11.4. The normalized spacial score (nSPS) is 10.9. The topological polar surface area (TPSA) is 47.7 Å². The van der Waals surface area contributed by atoms with Crippen LogP contribution in [0.2, 0.25) is 0 Å². The van der Waals surface area contributed by atoms with Gasteiger partial charge in [-0.3, -0.25) is 0 Å². The minimum atomic E-state index is 0.764. The first-order valence-electron chi connectivity index (χ1n) is 5.48. The van der Waals surface area contributed by atoms with Gasteiger partial charge in [-0.05, 0) is 6.92 Å². The van der Waals surface area contributed by atoms with E-state index < -0.39 is 0 Å². The quantitative estimate of drug-likeness (QED) is 0.813. The third kappa shape index (κ3) is 2.30. The Labute approximate surface area is 95.1 Å². The molecule has 5 nitrogen and oxygen atoms in total. The second kappa shape index (κ2) is 4.94. The second-order valence-electron chi connectivity index (χ2n) is 3.69. The van der Waals surface area contributed by atoms with Crippen LogP contribution >= 0.6 is 0 Å². The summed E-state index contributed by atoms with van der Waals surface area (Å²) >= 11 is 0. The minimum Gasteiger partial charge on any atom is -0.337 e. The Bertz CT molecular complexity index is 443. The average molecular weight is 219 g/mol. The molecule has 2 aromatic rings. The molecule has 5 heteroatoms. The maximum Gasteiger partial charge on any atom is 0.122 e. The summed E-state index contributed by atoms with van der Waals surface area (Å²) in [5.74, 6) is 2.10. The molecule has 1 N–H and O–H groups in total. The fourth-order valence-corrected chi connectivity index (χ4v) is 1.65. The van der Waals surface area contributed by atoms with E-state index in [-0.39, 0.29) is 0 Å². The second-order valence-corrected chi connectivity index (χ2v) is 3.69. The van der Waals surface area contributed by atoms with Crippen LogP contribution in [-0.4, -0.2) is 19.1 Å². The van der Waals surface area contributed by atoms with Crippen LogP contribution in [0.5, 0.6) is 0 Å². The number of rotatable bonds is 5. The molecule has 16 heavy (non-hydrogen) atoms. The van der Waals surface area contributed by atoms with E-state index in [2.05, 4.69) is 26.8 Å². The van der Waals surface area contributed by atoms with Gasteiger partial charge in [-0.2, -0.15) is 0 Å². The number of nitrogens with zero attached hydrogens (tertiary/aromatic N) is 4. The first-order valence-corrected chi connectivity index (χ1v) is 5.48. The van der Waals surface area contributed by atoms with Crippen molar-refractivity contribution in [2.75, 3.05) is 0 Å². The fourth-order valence-electron chi connectivity index (χ4n) is 1.65. The van der Waals surface area contributed by atoms with Crippen LogP contribution < -0.4 is 5.32 Å². The van der Waals surface area contributed by atoms with Gasteiger partial charge >= 0.3 is 0 Å². The van der Waals surface area contributed by atoms with Crippen molar-refractivity contribution in [3.05, 3.63) is 36.4 Å². The van der Waals surface area contributed by atoms with E-state index in [1.54, 1.807) is 0 Å². The molecule has 2 rings (SSSR count). The van der Waals surface area contributed by atoms with Crippen molar-refractivity contribution >= 4 is 0 Å². The molecule has 0 unspecified atom stereocenters. The maximum absolute atomic E-state index is 4.30. The monoisotopic (exact) mass is 219 g/mol. The van der Waals surface area contributed by atoms with Crippen LogP contribution in [0.15, 0.2) is 24.8 Å². The first kappa shape index (κ1) is 10.9. The third-order valence-electron chi connectivity index (χ3n) is 2.63. The van der Waals surface area contributed by atoms with Gasteiger partial charge in [-0.1, -0.05) is 0 Å². The standard InChI is InChI=1S/C11H17N5/c1-3-16-7-5-14-11(16)9-12-8-10-13-4-6-15(10)2/h4-7,12H,3,8-9H2,1-2H3. The summed E-state index contributed by atoms with van der Waals surface area (Å²) in [7, 11) is 2.00. The largest absolute Gasteiger partial charge is 0.337 e. The smallest absolute Gasteiger partial charge is 0.122 e. The van der Waals surface area contributed by atoms with Crippen molar-refractivity contribution < 1.29 is 0 Å². The Kier molecular flexibility index (Phi) is 3.36. The molecular formula is C11H17N5. The lowest BCUT2D eigenvalue weighted by Gasteiger charge is -2.06. The molecule has 0 saturated carbocycles. The molecule has 0 amide bonds. The minimum absolute atomic E-state index is 0.764. The highest BCUT2D eigenvalue weighted by Crippen LogP contribution is 1.98. The predicted octanol–water partition coefficient (Wildman–Crippen LogP) is 0.926. The molecule has 0 atom stereocenters. The van der Waals surface area contributed by atoms with Crippen LogP contribution in [0, 0.1) is 0 Å². The third-order valence-corrected chi connectivity index (χ3v) is 2.63. The van der Waals surface area contributed by atoms with E-state index >= 15 is 0 Å². The number of nitrogens with one attached hydrogen (secondary N) is 1. The maximum atomic E-state index is 4.30. The molecule has 0 saturated heterocycles. The molecule has 0 aliphatic rings. The van der Waals surface area contributed by atoms with E-state index in [1.807, 2.05) is 36.4 Å². The number of aryl methyl sites for hydroxylation is 2. The zero-order valence-electron chi connectivity index (χ0n) is 9.72. The molecule has 86 valence electrons. The number of hydrogen-bond acceptors (Lipinski definition) is 3. The van der Waals surface area contributed by atoms with Gasteiger partial charge in [-0.15, -0.1) is 0 Å². The van der Waals surface area contributed by atoms with Crippen LogP contribution in [0.3, 0.4) is 0 Å². The molecule has 2 aromatic heterocycles. The van der Waals surface area contributed by atoms with Crippen molar-refractivity contribution in [2.24, 2.45) is 7.05 Å². The Morgan fingerprint density at radius 3 is 2.50 bits per heavy atom. The average Bonchev–Trinajstić information content (AvgIpc) is 2.88. The molecule has 0 bridgehead atoms. The van der Waals surface area contributed by atoms with Crippen molar-refractivity contribution in [2.45, 2.75) is 26.6 Å². The summed E-state index contributed by atoms with van der Waals surface area (Å²) in [6.07, 6.45) is 7.59. The van der Waals surface area contributed by atoms with Gasteiger partial charge in [-0.25, -0.2) is 9.97 Å². The van der Waals surface area contributed by atoms with Gasteiger partial charge in [0.2, 0.25) is 0 Å². The van der Waals surface area contributed by atoms with Gasteiger partial charge < -0.3 is 14.5 Å². The van der Waals surface area contributed by atoms with Gasteiger partial charge in [0, 0.05) is 38.4 Å². The van der Waals surface area contributed by atoms with Crippen molar-refractivity contribution in [1.82, 2.24) is 24.4 Å². The summed E-state index contributed by atoms with van der Waals surface area (Å²) in [5.41, 5.74) is 0. The Balaban J connectivity index is 1.87. The SMILES string of the molecule is CCn1ccnc1CNCc1nccn1C.